The SMILES string of the molecule is N#Cc1cc(C(F)(F)F)cc(Cl)c1-n1cnc(C(F)(F)F)cc1=O. The molecule has 2 rings (SSSR count). The van der Waals surface area contributed by atoms with Gasteiger partial charge in [0.2, 0.25) is 0 Å². The van der Waals surface area contributed by atoms with E-state index in [-0.39, 0.29) is 6.07 Å². The molecule has 0 saturated carbocycles. The quantitative estimate of drug-likeness (QED) is 0.720. The third-order valence-electron chi connectivity index (χ3n) is 2.85. The Kier molecular flexibility index (Phi) is 4.32. The van der Waals surface area contributed by atoms with Gasteiger partial charge < -0.3 is 0 Å². The monoisotopic (exact) mass is 367 g/mol. The van der Waals surface area contributed by atoms with Crippen molar-refractivity contribution in [3.8, 4) is 11.8 Å². The number of nitrogens with zero attached hydrogens (tertiary/aromatic N) is 3. The first kappa shape index (κ1) is 17.8. The maximum Gasteiger partial charge on any atom is 0.433 e. The molecule has 0 atom stereocenters. The molecule has 0 amide bonds. The van der Waals surface area contributed by atoms with E-state index < -0.39 is 45.4 Å². The molecule has 1 aromatic carbocycles. The molecule has 126 valence electrons. The topological polar surface area (TPSA) is 58.7 Å². The van der Waals surface area contributed by atoms with Gasteiger partial charge in [-0.3, -0.25) is 9.36 Å². The summed E-state index contributed by atoms with van der Waals surface area (Å²) in [6.45, 7) is 0. The van der Waals surface area contributed by atoms with Crippen LogP contribution in [0.25, 0.3) is 5.69 Å². The average Bonchev–Trinajstić information content (AvgIpc) is 2.45. The molecule has 0 spiro atoms. The number of hydrogen-bond donors (Lipinski definition) is 0. The number of rotatable bonds is 1. The summed E-state index contributed by atoms with van der Waals surface area (Å²) in [7, 11) is 0. The molecule has 0 unspecified atom stereocenters. The molecule has 1 aromatic heterocycles. The van der Waals surface area contributed by atoms with E-state index in [4.69, 9.17) is 16.9 Å². The molecule has 0 aliphatic carbocycles. The van der Waals surface area contributed by atoms with Crippen molar-refractivity contribution in [2.24, 2.45) is 0 Å². The number of halogens is 7. The minimum Gasteiger partial charge on any atom is -0.269 e. The summed E-state index contributed by atoms with van der Waals surface area (Å²) >= 11 is 5.69. The number of aromatic nitrogens is 2. The first-order valence-corrected chi connectivity index (χ1v) is 6.30. The zero-order valence-electron chi connectivity index (χ0n) is 11.2. The zero-order chi connectivity index (χ0) is 18.3. The highest BCUT2D eigenvalue weighted by Crippen LogP contribution is 2.35. The van der Waals surface area contributed by atoms with Gasteiger partial charge >= 0.3 is 12.4 Å². The van der Waals surface area contributed by atoms with Crippen molar-refractivity contribution in [2.75, 3.05) is 0 Å². The fourth-order valence-corrected chi connectivity index (χ4v) is 2.13. The molecular weight excluding hydrogens is 364 g/mol. The maximum atomic E-state index is 12.7. The van der Waals surface area contributed by atoms with E-state index in [1.54, 1.807) is 0 Å². The minimum atomic E-state index is -4.87. The Bertz CT molecular complexity index is 895. The summed E-state index contributed by atoms with van der Waals surface area (Å²) in [5, 5.41) is 8.34. The summed E-state index contributed by atoms with van der Waals surface area (Å²) in [5.41, 5.74) is -5.10. The highest BCUT2D eigenvalue weighted by Gasteiger charge is 2.34. The van der Waals surface area contributed by atoms with Crippen LogP contribution < -0.4 is 5.56 Å². The molecule has 0 aliphatic heterocycles. The van der Waals surface area contributed by atoms with E-state index in [1.165, 1.54) is 6.07 Å². The highest BCUT2D eigenvalue weighted by molar-refractivity contribution is 6.32. The van der Waals surface area contributed by atoms with Gasteiger partial charge in [0.05, 0.1) is 21.8 Å². The van der Waals surface area contributed by atoms with E-state index in [2.05, 4.69) is 4.98 Å². The van der Waals surface area contributed by atoms with Crippen molar-refractivity contribution in [1.29, 1.82) is 5.26 Å². The van der Waals surface area contributed by atoms with E-state index in [1.807, 2.05) is 0 Å². The molecule has 0 saturated heterocycles. The van der Waals surface area contributed by atoms with Crippen LogP contribution in [0.15, 0.2) is 29.3 Å². The molecule has 0 bridgehead atoms. The Balaban J connectivity index is 2.70. The van der Waals surface area contributed by atoms with Crippen LogP contribution in [-0.4, -0.2) is 9.55 Å². The van der Waals surface area contributed by atoms with Crippen molar-refractivity contribution in [1.82, 2.24) is 9.55 Å². The predicted octanol–water partition coefficient (Wildman–Crippen LogP) is 3.80. The number of hydrogen-bond acceptors (Lipinski definition) is 3. The normalized spacial score (nSPS) is 12.1. The summed E-state index contributed by atoms with van der Waals surface area (Å²) in [6.07, 6.45) is -9.22. The molecule has 4 nitrogen and oxygen atoms in total. The highest BCUT2D eigenvalue weighted by atomic mass is 35.5. The zero-order valence-corrected chi connectivity index (χ0v) is 12.0. The fraction of sp³-hybridized carbons (Fsp3) is 0.154. The number of nitriles is 1. The summed E-state index contributed by atoms with van der Waals surface area (Å²) in [5.74, 6) is 0. The van der Waals surface area contributed by atoms with E-state index >= 15 is 0 Å². The Hall–Kier alpha value is -2.54. The van der Waals surface area contributed by atoms with Crippen LogP contribution in [0.4, 0.5) is 26.3 Å². The van der Waals surface area contributed by atoms with Gasteiger partial charge in [0.25, 0.3) is 5.56 Å². The van der Waals surface area contributed by atoms with E-state index in [0.717, 1.165) is 0 Å². The lowest BCUT2D eigenvalue weighted by molar-refractivity contribution is -0.141. The van der Waals surface area contributed by atoms with Gasteiger partial charge in [-0.05, 0) is 12.1 Å². The van der Waals surface area contributed by atoms with Crippen molar-refractivity contribution < 1.29 is 26.3 Å². The standard InChI is InChI=1S/C13H4ClF6N3O/c14-8-2-7(12(15,16)17)1-6(4-21)11(8)23-5-22-9(3-10(23)24)13(18,19)20/h1-3,5H. The summed E-state index contributed by atoms with van der Waals surface area (Å²) in [4.78, 5) is 14.8. The van der Waals surface area contributed by atoms with Crippen LogP contribution >= 0.6 is 11.6 Å². The second-order valence-electron chi connectivity index (χ2n) is 4.44. The van der Waals surface area contributed by atoms with Crippen molar-refractivity contribution in [2.45, 2.75) is 12.4 Å². The fourth-order valence-electron chi connectivity index (χ4n) is 1.82. The molecule has 0 N–H and O–H groups in total. The summed E-state index contributed by atoms with van der Waals surface area (Å²) < 4.78 is 76.1. The Morgan fingerprint density at radius 1 is 1.08 bits per heavy atom. The molecule has 0 fully saturated rings. The second kappa shape index (κ2) is 5.83. The van der Waals surface area contributed by atoms with Gasteiger partial charge in [0.1, 0.15) is 12.4 Å². The van der Waals surface area contributed by atoms with Crippen LogP contribution in [0, 0.1) is 11.3 Å². The molecule has 0 radical (unpaired) electrons. The van der Waals surface area contributed by atoms with Crippen LogP contribution in [0.3, 0.4) is 0 Å². The smallest absolute Gasteiger partial charge is 0.269 e. The Morgan fingerprint density at radius 3 is 2.17 bits per heavy atom. The van der Waals surface area contributed by atoms with Crippen LogP contribution in [0.2, 0.25) is 5.02 Å². The first-order valence-electron chi connectivity index (χ1n) is 5.92. The third-order valence-corrected chi connectivity index (χ3v) is 3.14. The van der Waals surface area contributed by atoms with Gasteiger partial charge in [0, 0.05) is 6.07 Å². The van der Waals surface area contributed by atoms with Crippen LogP contribution in [-0.2, 0) is 12.4 Å². The largest absolute Gasteiger partial charge is 0.433 e. The van der Waals surface area contributed by atoms with Crippen LogP contribution in [0.1, 0.15) is 16.8 Å². The molecule has 0 aliphatic rings. The van der Waals surface area contributed by atoms with Crippen molar-refractivity contribution in [3.05, 3.63) is 56.7 Å². The minimum absolute atomic E-state index is 0.148. The molecule has 1 heterocycles. The third kappa shape index (κ3) is 3.35. The molecular formula is C13H4ClF6N3O. The molecule has 2 aromatic rings. The van der Waals surface area contributed by atoms with E-state index in [0.29, 0.717) is 23.0 Å². The lowest BCUT2D eigenvalue weighted by Crippen LogP contribution is -2.23. The molecule has 11 heteroatoms. The first-order chi connectivity index (χ1) is 10.9. The Labute approximate surface area is 134 Å². The van der Waals surface area contributed by atoms with Gasteiger partial charge in [-0.1, -0.05) is 11.6 Å². The predicted molar refractivity (Wildman–Crippen MR) is 69.6 cm³/mol. The van der Waals surface area contributed by atoms with Gasteiger partial charge in [-0.25, -0.2) is 4.98 Å². The second-order valence-corrected chi connectivity index (χ2v) is 4.85. The lowest BCUT2D eigenvalue weighted by atomic mass is 10.1. The maximum absolute atomic E-state index is 12.7. The van der Waals surface area contributed by atoms with Gasteiger partial charge in [-0.2, -0.15) is 31.6 Å². The number of alkyl halides is 6. The average molecular weight is 368 g/mol. The Morgan fingerprint density at radius 2 is 1.71 bits per heavy atom. The van der Waals surface area contributed by atoms with Crippen molar-refractivity contribution >= 4 is 11.6 Å². The van der Waals surface area contributed by atoms with Gasteiger partial charge in [0.15, 0.2) is 5.69 Å². The molecule has 24 heavy (non-hydrogen) atoms. The van der Waals surface area contributed by atoms with Gasteiger partial charge in [-0.15, -0.1) is 0 Å². The van der Waals surface area contributed by atoms with E-state index in [9.17, 15) is 31.1 Å². The number of benzene rings is 1. The van der Waals surface area contributed by atoms with Crippen LogP contribution in [0.5, 0.6) is 0 Å². The lowest BCUT2D eigenvalue weighted by Gasteiger charge is -2.14. The van der Waals surface area contributed by atoms with Crippen molar-refractivity contribution in [3.63, 3.8) is 0 Å². The summed E-state index contributed by atoms with van der Waals surface area (Å²) in [6, 6.07) is 2.47.